The summed E-state index contributed by atoms with van der Waals surface area (Å²) in [4.78, 5) is 27.4. The maximum Gasteiger partial charge on any atom is 0.250 e. The standard InChI is InChI=1S/C25H30FN9O3S/c1-15-13-35(39(4,36)37)8-7-34(15)6-5-17-9-19(21-22-24(30-14-29-22)32-16(2)31-21)23(27-11-17)33-18-10-20(26)25(38-3)28-12-18/h9-12,14-15H,5-8,13H2,1-4H3,(H,27,33)(H,29,30,31,32). The van der Waals surface area contributed by atoms with Crippen LogP contribution in [0.2, 0.25) is 0 Å². The molecule has 4 aromatic heterocycles. The van der Waals surface area contributed by atoms with Gasteiger partial charge in [-0.1, -0.05) is 0 Å². The van der Waals surface area contributed by atoms with E-state index in [4.69, 9.17) is 4.74 Å². The van der Waals surface area contributed by atoms with Crippen molar-refractivity contribution in [1.82, 2.24) is 39.1 Å². The summed E-state index contributed by atoms with van der Waals surface area (Å²) in [5.41, 5.74) is 3.87. The van der Waals surface area contributed by atoms with Crippen molar-refractivity contribution >= 4 is 32.7 Å². The zero-order valence-corrected chi connectivity index (χ0v) is 23.0. The number of sulfonamides is 1. The van der Waals surface area contributed by atoms with Crippen LogP contribution in [0.4, 0.5) is 15.9 Å². The fraction of sp³-hybridized carbons (Fsp3) is 0.400. The molecule has 0 aliphatic carbocycles. The highest BCUT2D eigenvalue weighted by Gasteiger charge is 2.28. The average molecular weight is 556 g/mol. The third-order valence-electron chi connectivity index (χ3n) is 6.74. The second-order valence-electron chi connectivity index (χ2n) is 9.56. The lowest BCUT2D eigenvalue weighted by molar-refractivity contribution is 0.131. The number of aromatic nitrogens is 6. The topological polar surface area (TPSA) is 142 Å². The Kier molecular flexibility index (Phi) is 7.42. The molecule has 0 saturated carbocycles. The summed E-state index contributed by atoms with van der Waals surface area (Å²) in [5, 5.41) is 3.16. The van der Waals surface area contributed by atoms with Crippen molar-refractivity contribution in [2.24, 2.45) is 0 Å². The van der Waals surface area contributed by atoms with Crippen molar-refractivity contribution in [3.05, 3.63) is 48.1 Å². The first-order valence-electron chi connectivity index (χ1n) is 12.4. The highest BCUT2D eigenvalue weighted by Crippen LogP contribution is 2.32. The highest BCUT2D eigenvalue weighted by atomic mass is 32.2. The van der Waals surface area contributed by atoms with Crippen LogP contribution in [0.3, 0.4) is 0 Å². The number of fused-ring (bicyclic) bond motifs is 1. The van der Waals surface area contributed by atoms with Crippen LogP contribution in [0.5, 0.6) is 5.88 Å². The van der Waals surface area contributed by atoms with Gasteiger partial charge < -0.3 is 15.0 Å². The normalized spacial score (nSPS) is 17.0. The van der Waals surface area contributed by atoms with E-state index in [1.54, 1.807) is 19.4 Å². The van der Waals surface area contributed by atoms with Gasteiger partial charge in [-0.25, -0.2) is 37.7 Å². The lowest BCUT2D eigenvalue weighted by Gasteiger charge is -2.38. The zero-order valence-electron chi connectivity index (χ0n) is 22.1. The molecule has 1 atom stereocenters. The molecule has 0 aromatic carbocycles. The van der Waals surface area contributed by atoms with Gasteiger partial charge >= 0.3 is 0 Å². The summed E-state index contributed by atoms with van der Waals surface area (Å²) >= 11 is 0. The SMILES string of the molecule is COc1ncc(Nc2ncc(CCN3CCN(S(C)(=O)=O)CC3C)cc2-c2nc(C)nc3nc[nH]c23)cc1F. The quantitative estimate of drug-likeness (QED) is 0.333. The van der Waals surface area contributed by atoms with Crippen molar-refractivity contribution < 1.29 is 17.5 Å². The lowest BCUT2D eigenvalue weighted by atomic mass is 10.1. The van der Waals surface area contributed by atoms with Crippen molar-refractivity contribution in [3.63, 3.8) is 0 Å². The monoisotopic (exact) mass is 555 g/mol. The first-order chi connectivity index (χ1) is 18.6. The molecule has 1 aliphatic heterocycles. The van der Waals surface area contributed by atoms with Crippen LogP contribution in [0.15, 0.2) is 30.9 Å². The van der Waals surface area contributed by atoms with Crippen LogP contribution in [0.25, 0.3) is 22.4 Å². The molecule has 5 rings (SSSR count). The number of rotatable bonds is 8. The van der Waals surface area contributed by atoms with Crippen molar-refractivity contribution in [2.75, 3.05) is 44.9 Å². The largest absolute Gasteiger partial charge is 0.479 e. The first kappa shape index (κ1) is 26.8. The smallest absolute Gasteiger partial charge is 0.250 e. The van der Waals surface area contributed by atoms with Gasteiger partial charge in [0.1, 0.15) is 22.9 Å². The van der Waals surface area contributed by atoms with Gasteiger partial charge in [-0.15, -0.1) is 0 Å². The van der Waals surface area contributed by atoms with E-state index < -0.39 is 15.8 Å². The molecule has 2 N–H and O–H groups in total. The van der Waals surface area contributed by atoms with Gasteiger partial charge in [0.15, 0.2) is 11.5 Å². The van der Waals surface area contributed by atoms with Crippen LogP contribution in [-0.4, -0.2) is 93.1 Å². The Balaban J connectivity index is 1.45. The van der Waals surface area contributed by atoms with Gasteiger partial charge in [-0.05, 0) is 31.9 Å². The van der Waals surface area contributed by atoms with Gasteiger partial charge in [-0.2, -0.15) is 4.31 Å². The highest BCUT2D eigenvalue weighted by molar-refractivity contribution is 7.88. The van der Waals surface area contributed by atoms with E-state index in [1.165, 1.54) is 29.9 Å². The maximum absolute atomic E-state index is 14.3. The van der Waals surface area contributed by atoms with Crippen molar-refractivity contribution in [3.8, 4) is 17.1 Å². The lowest BCUT2D eigenvalue weighted by Crippen LogP contribution is -2.53. The van der Waals surface area contributed by atoms with E-state index >= 15 is 0 Å². The summed E-state index contributed by atoms with van der Waals surface area (Å²) in [6.45, 7) is 6.17. The molecule has 1 aliphatic rings. The summed E-state index contributed by atoms with van der Waals surface area (Å²) in [5.74, 6) is 0.325. The van der Waals surface area contributed by atoms with Crippen LogP contribution < -0.4 is 10.1 Å². The third kappa shape index (κ3) is 5.82. The third-order valence-corrected chi connectivity index (χ3v) is 8.01. The first-order valence-corrected chi connectivity index (χ1v) is 14.3. The summed E-state index contributed by atoms with van der Waals surface area (Å²) < 4.78 is 44.7. The number of pyridine rings is 2. The van der Waals surface area contributed by atoms with Gasteiger partial charge in [0.05, 0.1) is 31.6 Å². The number of aryl methyl sites for hydroxylation is 1. The Bertz CT molecular complexity index is 1610. The van der Waals surface area contributed by atoms with Gasteiger partial charge in [0.2, 0.25) is 15.9 Å². The van der Waals surface area contributed by atoms with Gasteiger partial charge in [0, 0.05) is 50.0 Å². The number of aromatic amines is 1. The number of piperazine rings is 1. The molecule has 0 radical (unpaired) electrons. The molecule has 4 aromatic rings. The minimum atomic E-state index is -3.20. The van der Waals surface area contributed by atoms with Crippen LogP contribution >= 0.6 is 0 Å². The number of nitrogens with zero attached hydrogens (tertiary/aromatic N) is 7. The minimum absolute atomic E-state index is 0.0912. The molecule has 1 fully saturated rings. The number of imidazole rings is 1. The predicted octanol–water partition coefficient (Wildman–Crippen LogP) is 2.52. The Morgan fingerprint density at radius 1 is 1.18 bits per heavy atom. The molecule has 0 bridgehead atoms. The van der Waals surface area contributed by atoms with Gasteiger partial charge in [-0.3, -0.25) is 4.90 Å². The molecular formula is C25H30FN9O3S. The summed E-state index contributed by atoms with van der Waals surface area (Å²) in [7, 11) is -1.85. The zero-order chi connectivity index (χ0) is 27.7. The Morgan fingerprint density at radius 3 is 2.72 bits per heavy atom. The molecule has 39 heavy (non-hydrogen) atoms. The molecule has 1 unspecified atom stereocenters. The number of halogens is 1. The fourth-order valence-corrected chi connectivity index (χ4v) is 5.61. The number of hydrogen-bond acceptors (Lipinski definition) is 10. The molecule has 12 nitrogen and oxygen atoms in total. The Labute approximate surface area is 225 Å². The van der Waals surface area contributed by atoms with Crippen LogP contribution in [0, 0.1) is 12.7 Å². The van der Waals surface area contributed by atoms with Crippen molar-refractivity contribution in [1.29, 1.82) is 0 Å². The van der Waals surface area contributed by atoms with E-state index in [2.05, 4.69) is 40.1 Å². The second-order valence-corrected chi connectivity index (χ2v) is 11.5. The predicted molar refractivity (Wildman–Crippen MR) is 145 cm³/mol. The number of anilines is 2. The number of methoxy groups -OCH3 is 1. The maximum atomic E-state index is 14.3. The van der Waals surface area contributed by atoms with Gasteiger partial charge in [0.25, 0.3) is 0 Å². The van der Waals surface area contributed by atoms with Crippen LogP contribution in [-0.2, 0) is 16.4 Å². The Hall–Kier alpha value is -3.75. The molecule has 0 amide bonds. The molecule has 1 saturated heterocycles. The molecule has 0 spiro atoms. The van der Waals surface area contributed by atoms with E-state index in [0.717, 1.165) is 12.1 Å². The molecule has 5 heterocycles. The minimum Gasteiger partial charge on any atom is -0.479 e. The second kappa shape index (κ2) is 10.8. The summed E-state index contributed by atoms with van der Waals surface area (Å²) in [6.07, 6.45) is 6.75. The van der Waals surface area contributed by atoms with E-state index in [9.17, 15) is 12.8 Å². The fourth-order valence-electron chi connectivity index (χ4n) is 4.71. The number of ether oxygens (including phenoxy) is 1. The van der Waals surface area contributed by atoms with Crippen molar-refractivity contribution in [2.45, 2.75) is 26.3 Å². The number of H-pyrrole nitrogens is 1. The van der Waals surface area contributed by atoms with E-state index in [1.807, 2.05) is 13.0 Å². The van der Waals surface area contributed by atoms with E-state index in [-0.39, 0.29) is 11.9 Å². The summed E-state index contributed by atoms with van der Waals surface area (Å²) in [6, 6.07) is 3.38. The number of nitrogens with one attached hydrogen (secondary N) is 2. The van der Waals surface area contributed by atoms with Crippen LogP contribution in [0.1, 0.15) is 18.3 Å². The Morgan fingerprint density at radius 2 is 2.00 bits per heavy atom. The van der Waals surface area contributed by atoms with E-state index in [0.29, 0.717) is 65.8 Å². The average Bonchev–Trinajstić information content (AvgIpc) is 3.36. The number of hydrogen-bond donors (Lipinski definition) is 2. The molecule has 14 heteroatoms. The molecule has 206 valence electrons. The molecular weight excluding hydrogens is 525 g/mol.